The predicted octanol–water partition coefficient (Wildman–Crippen LogP) is 8.04. The average Bonchev–Trinajstić information content (AvgIpc) is 3.46. The molecule has 4 rings (SSSR count). The molecule has 0 heterocycles. The molecule has 0 amide bonds. The second kappa shape index (κ2) is 16.5. The van der Waals surface area contributed by atoms with Crippen LogP contribution in [0.5, 0.6) is 0 Å². The molecule has 0 aliphatic heterocycles. The quantitative estimate of drug-likeness (QED) is 0.161. The minimum atomic E-state index is -0.639. The maximum Gasteiger partial charge on any atom is -0.0623 e. The van der Waals surface area contributed by atoms with Gasteiger partial charge in [-0.25, -0.2) is 12.1 Å². The molecular formula is C24H25Cl2OsSi-2. The Labute approximate surface area is 187 Å². The maximum absolute atomic E-state index is 4.90. The number of halogens is 2. The van der Waals surface area contributed by atoms with Crippen LogP contribution in [0.25, 0.3) is 22.3 Å². The molecule has 0 saturated heterocycles. The van der Waals surface area contributed by atoms with Gasteiger partial charge in [-0.05, 0) is 0 Å². The van der Waals surface area contributed by atoms with Crippen molar-refractivity contribution in [3.63, 3.8) is 0 Å². The molecule has 0 aliphatic rings. The van der Waals surface area contributed by atoms with Crippen LogP contribution in [0.15, 0.2) is 109 Å². The molecule has 0 fully saturated rings. The standard InChI is InChI=1S/2C11H9.C2H7Si.2ClH.Os/c2*1-2-6-10(7-3-1)11-8-4-5-9-11;1-3-2;;;/h2*1-9H;3H,1-2H3;2*1H;/q2*-1;;;;+2/p-2. The average molecular weight is 603 g/mol. The zero-order chi connectivity index (χ0) is 20.5. The smallest absolute Gasteiger partial charge is 0.0623 e. The van der Waals surface area contributed by atoms with Crippen LogP contribution >= 0.6 is 19.3 Å². The van der Waals surface area contributed by atoms with Crippen LogP contribution in [0.1, 0.15) is 0 Å². The normalized spacial score (nSPS) is 9.14. The topological polar surface area (TPSA) is 0 Å². The van der Waals surface area contributed by atoms with E-state index in [2.05, 4.69) is 110 Å². The van der Waals surface area contributed by atoms with E-state index in [-0.39, 0.29) is 0 Å². The van der Waals surface area contributed by atoms with Gasteiger partial charge in [-0.2, -0.15) is 47.5 Å². The Balaban J connectivity index is 0.000000220. The summed E-state index contributed by atoms with van der Waals surface area (Å²) in [4.78, 5) is 0. The fourth-order valence-electron chi connectivity index (χ4n) is 2.39. The molecule has 0 atom stereocenters. The van der Waals surface area contributed by atoms with E-state index in [1.165, 1.54) is 22.3 Å². The second-order valence-corrected chi connectivity index (χ2v) is 10.5. The van der Waals surface area contributed by atoms with Crippen molar-refractivity contribution in [1.82, 2.24) is 0 Å². The molecule has 0 bridgehead atoms. The van der Waals surface area contributed by atoms with Crippen molar-refractivity contribution < 1.29 is 15.4 Å². The van der Waals surface area contributed by atoms with Gasteiger partial charge in [0.2, 0.25) is 0 Å². The first-order chi connectivity index (χ1) is 13.8. The van der Waals surface area contributed by atoms with Crippen molar-refractivity contribution in [2.24, 2.45) is 0 Å². The molecule has 0 nitrogen and oxygen atoms in total. The van der Waals surface area contributed by atoms with Gasteiger partial charge in [-0.1, -0.05) is 84.9 Å². The molecule has 0 N–H and O–H groups in total. The van der Waals surface area contributed by atoms with Crippen LogP contribution in [0.2, 0.25) is 13.1 Å². The molecular weight excluding hydrogens is 577 g/mol. The van der Waals surface area contributed by atoms with E-state index < -0.39 is 15.4 Å². The van der Waals surface area contributed by atoms with Gasteiger partial charge in [-0.3, -0.25) is 0 Å². The predicted molar refractivity (Wildman–Crippen MR) is 126 cm³/mol. The molecule has 4 heteroatoms. The first-order valence-electron chi connectivity index (χ1n) is 8.90. The molecule has 0 aromatic heterocycles. The molecule has 0 spiro atoms. The maximum atomic E-state index is 4.90. The first-order valence-corrected chi connectivity index (χ1v) is 17.5. The van der Waals surface area contributed by atoms with Crippen LogP contribution in [-0.4, -0.2) is 9.52 Å². The first kappa shape index (κ1) is 24.6. The number of rotatable bonds is 2. The molecule has 4 aromatic rings. The van der Waals surface area contributed by atoms with E-state index in [4.69, 9.17) is 19.3 Å². The van der Waals surface area contributed by atoms with E-state index in [0.717, 1.165) is 9.52 Å². The monoisotopic (exact) mass is 603 g/mol. The molecule has 149 valence electrons. The van der Waals surface area contributed by atoms with E-state index in [9.17, 15) is 0 Å². The van der Waals surface area contributed by atoms with Gasteiger partial charge in [0, 0.05) is 9.52 Å². The van der Waals surface area contributed by atoms with Crippen molar-refractivity contribution in [2.45, 2.75) is 13.1 Å². The SMILES string of the molecule is C[SiH]C.[Cl][Os][Cl].c1ccc(-c2cc[cH-]c2)cc1.c1ccc(-c2cc[cH-]c2)cc1. The molecule has 0 saturated carbocycles. The van der Waals surface area contributed by atoms with Gasteiger partial charge in [0.1, 0.15) is 0 Å². The second-order valence-electron chi connectivity index (χ2n) is 5.71. The van der Waals surface area contributed by atoms with Gasteiger partial charge in [0.05, 0.1) is 0 Å². The Morgan fingerprint density at radius 2 is 0.929 bits per heavy atom. The van der Waals surface area contributed by atoms with Gasteiger partial charge >= 0.3 is 34.7 Å². The van der Waals surface area contributed by atoms with Crippen molar-refractivity contribution in [2.75, 3.05) is 0 Å². The number of hydrogen-bond donors (Lipinski definition) is 0. The van der Waals surface area contributed by atoms with Gasteiger partial charge in [0.25, 0.3) is 0 Å². The fraction of sp³-hybridized carbons (Fsp3) is 0.0833. The van der Waals surface area contributed by atoms with Crippen LogP contribution < -0.4 is 0 Å². The Morgan fingerprint density at radius 1 is 0.607 bits per heavy atom. The summed E-state index contributed by atoms with van der Waals surface area (Å²) in [5.41, 5.74) is 5.17. The van der Waals surface area contributed by atoms with Gasteiger partial charge in [0.15, 0.2) is 0 Å². The molecule has 1 radical (unpaired) electrons. The largest absolute Gasteiger partial charge is 0.206 e. The van der Waals surface area contributed by atoms with Crippen molar-refractivity contribution in [3.8, 4) is 22.3 Å². The molecule has 4 aromatic carbocycles. The molecule has 28 heavy (non-hydrogen) atoms. The van der Waals surface area contributed by atoms with E-state index in [0.29, 0.717) is 0 Å². The van der Waals surface area contributed by atoms with Crippen molar-refractivity contribution in [1.29, 1.82) is 0 Å². The Kier molecular flexibility index (Phi) is 14.5. The molecule has 0 unspecified atom stereocenters. The fourth-order valence-corrected chi connectivity index (χ4v) is 2.39. The minimum absolute atomic E-state index is 0.639. The Bertz CT molecular complexity index is 727. The Morgan fingerprint density at radius 3 is 1.18 bits per heavy atom. The summed E-state index contributed by atoms with van der Waals surface area (Å²) in [6, 6.07) is 37.5. The van der Waals surface area contributed by atoms with Gasteiger partial charge < -0.3 is 0 Å². The van der Waals surface area contributed by atoms with E-state index in [1.807, 2.05) is 12.1 Å². The zero-order valence-electron chi connectivity index (χ0n) is 16.1. The Hall–Kier alpha value is -1.43. The van der Waals surface area contributed by atoms with Crippen LogP contribution in [0, 0.1) is 0 Å². The summed E-state index contributed by atoms with van der Waals surface area (Å²) in [5, 5.41) is 0. The summed E-state index contributed by atoms with van der Waals surface area (Å²) in [5.74, 6) is 0. The van der Waals surface area contributed by atoms with Crippen molar-refractivity contribution >= 4 is 28.8 Å². The summed E-state index contributed by atoms with van der Waals surface area (Å²) < 4.78 is 0. The van der Waals surface area contributed by atoms with Crippen molar-refractivity contribution in [3.05, 3.63) is 109 Å². The molecule has 0 aliphatic carbocycles. The summed E-state index contributed by atoms with van der Waals surface area (Å²) in [7, 11) is 10.6. The van der Waals surface area contributed by atoms with E-state index in [1.54, 1.807) is 0 Å². The van der Waals surface area contributed by atoms with Gasteiger partial charge in [-0.15, -0.1) is 0 Å². The third kappa shape index (κ3) is 10.2. The van der Waals surface area contributed by atoms with Crippen LogP contribution in [0.4, 0.5) is 0 Å². The van der Waals surface area contributed by atoms with Crippen LogP contribution in [0.3, 0.4) is 0 Å². The van der Waals surface area contributed by atoms with Crippen LogP contribution in [-0.2, 0) is 15.4 Å². The summed E-state index contributed by atoms with van der Waals surface area (Å²) >= 11 is -0.639. The summed E-state index contributed by atoms with van der Waals surface area (Å²) in [6.07, 6.45) is 0. The van der Waals surface area contributed by atoms with E-state index >= 15 is 0 Å². The third-order valence-corrected chi connectivity index (χ3v) is 3.54. The zero-order valence-corrected chi connectivity index (χ0v) is 21.3. The number of hydrogen-bond acceptors (Lipinski definition) is 0. The number of benzene rings is 2. The third-order valence-electron chi connectivity index (χ3n) is 3.54. The summed E-state index contributed by atoms with van der Waals surface area (Å²) in [6.45, 7) is 4.42. The minimum Gasteiger partial charge on any atom is -0.206 e.